The smallest absolute Gasteiger partial charge is 0.331 e. The number of amides is 2. The molecule has 0 aromatic heterocycles. The minimum absolute atomic E-state index is 0.260. The van der Waals surface area contributed by atoms with Crippen molar-refractivity contribution in [2.45, 2.75) is 31.7 Å². The van der Waals surface area contributed by atoms with Crippen LogP contribution >= 0.6 is 0 Å². The first-order valence-corrected chi connectivity index (χ1v) is 7.52. The molecule has 1 unspecified atom stereocenters. The van der Waals surface area contributed by atoms with Gasteiger partial charge in [-0.3, -0.25) is 0 Å². The summed E-state index contributed by atoms with van der Waals surface area (Å²) < 4.78 is 0. The van der Waals surface area contributed by atoms with Crippen LogP contribution < -0.4 is 5.32 Å². The van der Waals surface area contributed by atoms with Crippen molar-refractivity contribution in [1.29, 1.82) is 0 Å². The lowest BCUT2D eigenvalue weighted by atomic mass is 9.85. The van der Waals surface area contributed by atoms with E-state index in [-0.39, 0.29) is 6.03 Å². The molecule has 1 atom stereocenters. The van der Waals surface area contributed by atoms with Crippen molar-refractivity contribution in [3.63, 3.8) is 0 Å². The number of carboxylic acid groups (broad SMARTS) is 1. The highest BCUT2D eigenvalue weighted by atomic mass is 16.4. The van der Waals surface area contributed by atoms with Gasteiger partial charge in [0.1, 0.15) is 0 Å². The molecule has 3 rings (SSSR count). The Morgan fingerprint density at radius 1 is 1.29 bits per heavy atom. The summed E-state index contributed by atoms with van der Waals surface area (Å²) in [6, 6.07) is 6.34. The van der Waals surface area contributed by atoms with E-state index >= 15 is 0 Å². The fourth-order valence-corrected chi connectivity index (χ4v) is 3.08. The molecule has 1 fully saturated rings. The molecule has 1 aromatic rings. The fourth-order valence-electron chi connectivity index (χ4n) is 3.08. The number of nitrogens with zero attached hydrogens (tertiary/aromatic N) is 1. The molecule has 1 saturated carbocycles. The highest BCUT2D eigenvalue weighted by molar-refractivity contribution is 5.84. The van der Waals surface area contributed by atoms with Crippen LogP contribution in [0, 0.1) is 5.92 Å². The fraction of sp³-hybridized carbons (Fsp3) is 0.500. The molecule has 2 amide bonds. The Hall–Kier alpha value is -2.04. The first kappa shape index (κ1) is 13.9. The van der Waals surface area contributed by atoms with E-state index in [1.54, 1.807) is 6.07 Å². The van der Waals surface area contributed by atoms with Crippen molar-refractivity contribution in [1.82, 2.24) is 10.2 Å². The van der Waals surface area contributed by atoms with Crippen LogP contribution in [-0.4, -0.2) is 35.1 Å². The van der Waals surface area contributed by atoms with Crippen LogP contribution in [0.15, 0.2) is 24.3 Å². The van der Waals surface area contributed by atoms with Gasteiger partial charge in [0.25, 0.3) is 0 Å². The maximum absolute atomic E-state index is 12.3. The van der Waals surface area contributed by atoms with Gasteiger partial charge >= 0.3 is 12.0 Å². The largest absolute Gasteiger partial charge is 0.479 e. The number of carbonyl (C=O) groups excluding carboxylic acids is 1. The molecule has 0 radical (unpaired) electrons. The van der Waals surface area contributed by atoms with E-state index in [0.29, 0.717) is 25.4 Å². The number of nitrogens with one attached hydrogen (secondary N) is 1. The third kappa shape index (κ3) is 2.73. The molecule has 2 N–H and O–H groups in total. The van der Waals surface area contributed by atoms with E-state index in [0.717, 1.165) is 24.0 Å². The van der Waals surface area contributed by atoms with Crippen LogP contribution in [0.3, 0.4) is 0 Å². The molecule has 5 nitrogen and oxygen atoms in total. The number of hydrogen-bond donors (Lipinski definition) is 2. The maximum atomic E-state index is 12.3. The zero-order valence-corrected chi connectivity index (χ0v) is 11.9. The van der Waals surface area contributed by atoms with E-state index in [1.165, 1.54) is 11.3 Å². The van der Waals surface area contributed by atoms with Gasteiger partial charge in [0.2, 0.25) is 0 Å². The van der Waals surface area contributed by atoms with Crippen LogP contribution in [0.25, 0.3) is 0 Å². The van der Waals surface area contributed by atoms with Gasteiger partial charge in [-0.05, 0) is 36.3 Å². The summed E-state index contributed by atoms with van der Waals surface area (Å²) in [6.07, 6.45) is 4.25. The van der Waals surface area contributed by atoms with Gasteiger partial charge in [-0.15, -0.1) is 0 Å². The minimum Gasteiger partial charge on any atom is -0.479 e. The number of benzene rings is 1. The second-order valence-electron chi connectivity index (χ2n) is 5.87. The van der Waals surface area contributed by atoms with E-state index in [4.69, 9.17) is 0 Å². The van der Waals surface area contributed by atoms with Gasteiger partial charge in [0.05, 0.1) is 0 Å². The summed E-state index contributed by atoms with van der Waals surface area (Å²) in [6.45, 7) is 1.10. The summed E-state index contributed by atoms with van der Waals surface area (Å²) in [4.78, 5) is 25.4. The molecule has 0 saturated heterocycles. The molecule has 0 bridgehead atoms. The molecular formula is C16H20N2O3. The van der Waals surface area contributed by atoms with E-state index in [9.17, 15) is 14.7 Å². The summed E-state index contributed by atoms with van der Waals surface area (Å²) in [5, 5.41) is 12.4. The zero-order chi connectivity index (χ0) is 14.8. The van der Waals surface area contributed by atoms with Crippen molar-refractivity contribution in [3.05, 3.63) is 35.4 Å². The summed E-state index contributed by atoms with van der Waals surface area (Å²) >= 11 is 0. The van der Waals surface area contributed by atoms with Crippen molar-refractivity contribution in [2.75, 3.05) is 13.1 Å². The predicted molar refractivity (Wildman–Crippen MR) is 78.0 cm³/mol. The number of hydrogen-bond acceptors (Lipinski definition) is 2. The normalized spacial score (nSPS) is 21.3. The summed E-state index contributed by atoms with van der Waals surface area (Å²) in [5.41, 5.74) is 1.75. The molecule has 1 aliphatic carbocycles. The molecule has 21 heavy (non-hydrogen) atoms. The number of fused-ring (bicyclic) bond motifs is 1. The van der Waals surface area contributed by atoms with E-state index in [2.05, 4.69) is 5.32 Å². The van der Waals surface area contributed by atoms with Crippen LogP contribution in [0.2, 0.25) is 0 Å². The summed E-state index contributed by atoms with van der Waals surface area (Å²) in [5.74, 6) is -0.407. The molecule has 5 heteroatoms. The summed E-state index contributed by atoms with van der Waals surface area (Å²) in [7, 11) is 0. The number of carbonyl (C=O) groups is 2. The Morgan fingerprint density at radius 3 is 2.71 bits per heavy atom. The van der Waals surface area contributed by atoms with Gasteiger partial charge in [-0.2, -0.15) is 0 Å². The third-order valence-corrected chi connectivity index (χ3v) is 4.54. The second kappa shape index (κ2) is 5.76. The van der Waals surface area contributed by atoms with Gasteiger partial charge in [0.15, 0.2) is 6.04 Å². The Kier molecular flexibility index (Phi) is 3.82. The van der Waals surface area contributed by atoms with Crippen LogP contribution in [0.4, 0.5) is 4.79 Å². The Labute approximate surface area is 123 Å². The Bertz CT molecular complexity index is 554. The SMILES string of the molecule is O=C(O)C1c2ccccc2CCN1C(=O)NCC1CCC1. The lowest BCUT2D eigenvalue weighted by molar-refractivity contribution is -0.142. The number of rotatable bonds is 3. The Balaban J connectivity index is 1.75. The maximum Gasteiger partial charge on any atom is 0.331 e. The standard InChI is InChI=1S/C16H20N2O3/c19-15(20)14-13-7-2-1-6-12(13)8-9-18(14)16(21)17-10-11-4-3-5-11/h1-2,6-7,11,14H,3-5,8-10H2,(H,17,21)(H,19,20). The highest BCUT2D eigenvalue weighted by Gasteiger charge is 2.35. The minimum atomic E-state index is -0.971. The predicted octanol–water partition coefficient (Wildman–Crippen LogP) is 2.18. The molecule has 1 aromatic carbocycles. The Morgan fingerprint density at radius 2 is 2.05 bits per heavy atom. The third-order valence-electron chi connectivity index (χ3n) is 4.54. The van der Waals surface area contributed by atoms with E-state index < -0.39 is 12.0 Å². The molecular weight excluding hydrogens is 268 g/mol. The molecule has 1 aliphatic heterocycles. The lowest BCUT2D eigenvalue weighted by Crippen LogP contribution is -2.49. The molecule has 112 valence electrons. The monoisotopic (exact) mass is 288 g/mol. The van der Waals surface area contributed by atoms with Gasteiger partial charge in [-0.1, -0.05) is 30.7 Å². The highest BCUT2D eigenvalue weighted by Crippen LogP contribution is 2.30. The van der Waals surface area contributed by atoms with Crippen molar-refractivity contribution in [2.24, 2.45) is 5.92 Å². The molecule has 1 heterocycles. The average Bonchev–Trinajstić information content (AvgIpc) is 2.44. The van der Waals surface area contributed by atoms with Gasteiger partial charge in [0, 0.05) is 13.1 Å². The number of aliphatic carboxylic acids is 1. The quantitative estimate of drug-likeness (QED) is 0.895. The van der Waals surface area contributed by atoms with Gasteiger partial charge < -0.3 is 15.3 Å². The van der Waals surface area contributed by atoms with Crippen LogP contribution in [0.1, 0.15) is 36.4 Å². The zero-order valence-electron chi connectivity index (χ0n) is 11.9. The van der Waals surface area contributed by atoms with Crippen molar-refractivity contribution in [3.8, 4) is 0 Å². The van der Waals surface area contributed by atoms with Crippen LogP contribution in [-0.2, 0) is 11.2 Å². The second-order valence-corrected chi connectivity index (χ2v) is 5.87. The number of carboxylic acids is 1. The number of urea groups is 1. The topological polar surface area (TPSA) is 69.6 Å². The molecule has 0 spiro atoms. The average molecular weight is 288 g/mol. The van der Waals surface area contributed by atoms with Crippen molar-refractivity contribution < 1.29 is 14.7 Å². The lowest BCUT2D eigenvalue weighted by Gasteiger charge is -2.35. The van der Waals surface area contributed by atoms with Gasteiger partial charge in [-0.25, -0.2) is 9.59 Å². The van der Waals surface area contributed by atoms with E-state index in [1.807, 2.05) is 18.2 Å². The van der Waals surface area contributed by atoms with Crippen LogP contribution in [0.5, 0.6) is 0 Å². The first-order valence-electron chi connectivity index (χ1n) is 7.52. The van der Waals surface area contributed by atoms with Crippen molar-refractivity contribution >= 4 is 12.0 Å². The molecule has 2 aliphatic rings. The first-order chi connectivity index (χ1) is 10.2.